The van der Waals surface area contributed by atoms with Gasteiger partial charge in [-0.2, -0.15) is 0 Å². The summed E-state index contributed by atoms with van der Waals surface area (Å²) in [6.07, 6.45) is 0.440. The second-order valence-electron chi connectivity index (χ2n) is 4.39. The third kappa shape index (κ3) is 4.48. The first-order valence-electron chi connectivity index (χ1n) is 5.77. The smallest absolute Gasteiger partial charge is 0.287 e. The number of methoxy groups -OCH3 is 1. The van der Waals surface area contributed by atoms with Crippen molar-refractivity contribution in [3.63, 3.8) is 0 Å². The number of carbonyl (C=O) groups excluding carboxylic acids is 1. The molecular formula is C12H20N2O4. The molecule has 1 unspecified atom stereocenters. The Balaban J connectivity index is 2.45. The molecule has 0 bridgehead atoms. The van der Waals surface area contributed by atoms with Gasteiger partial charge in [-0.05, 0) is 19.1 Å². The summed E-state index contributed by atoms with van der Waals surface area (Å²) in [6.45, 7) is 2.45. The molecule has 0 aliphatic heterocycles. The predicted octanol–water partition coefficient (Wildman–Crippen LogP) is 0.256. The summed E-state index contributed by atoms with van der Waals surface area (Å²) >= 11 is 0. The Labute approximate surface area is 106 Å². The maximum atomic E-state index is 11.7. The van der Waals surface area contributed by atoms with Gasteiger partial charge in [-0.1, -0.05) is 0 Å². The summed E-state index contributed by atoms with van der Waals surface area (Å²) in [5.41, 5.74) is 4.38. The van der Waals surface area contributed by atoms with Crippen LogP contribution in [0.1, 0.15) is 29.7 Å². The van der Waals surface area contributed by atoms with Crippen LogP contribution in [0.5, 0.6) is 0 Å². The Morgan fingerprint density at radius 3 is 2.89 bits per heavy atom. The van der Waals surface area contributed by atoms with E-state index in [-0.39, 0.29) is 24.8 Å². The summed E-state index contributed by atoms with van der Waals surface area (Å²) in [5, 5.41) is 12.6. The van der Waals surface area contributed by atoms with Gasteiger partial charge in [-0.3, -0.25) is 4.79 Å². The zero-order valence-electron chi connectivity index (χ0n) is 10.7. The number of aliphatic hydroxyl groups is 1. The van der Waals surface area contributed by atoms with Crippen LogP contribution in [0.25, 0.3) is 0 Å². The van der Waals surface area contributed by atoms with Gasteiger partial charge in [-0.15, -0.1) is 0 Å². The average Bonchev–Trinajstić information content (AvgIpc) is 2.82. The Hall–Kier alpha value is -1.37. The van der Waals surface area contributed by atoms with E-state index >= 15 is 0 Å². The van der Waals surface area contributed by atoms with Crippen LogP contribution in [-0.2, 0) is 11.3 Å². The molecule has 1 aromatic rings. The van der Waals surface area contributed by atoms with Crippen LogP contribution in [0.2, 0.25) is 0 Å². The van der Waals surface area contributed by atoms with Crippen molar-refractivity contribution in [3.05, 3.63) is 23.7 Å². The fourth-order valence-corrected chi connectivity index (χ4v) is 1.38. The maximum absolute atomic E-state index is 11.7. The lowest BCUT2D eigenvalue weighted by atomic mass is 10.0. The first kappa shape index (κ1) is 14.7. The van der Waals surface area contributed by atoms with E-state index in [1.165, 1.54) is 0 Å². The highest BCUT2D eigenvalue weighted by Gasteiger charge is 2.22. The molecule has 0 saturated heterocycles. The number of hydrogen-bond acceptors (Lipinski definition) is 5. The second kappa shape index (κ2) is 6.53. The topological polar surface area (TPSA) is 97.7 Å². The Morgan fingerprint density at radius 2 is 2.33 bits per heavy atom. The minimum atomic E-state index is -1.00. The molecule has 1 amide bonds. The van der Waals surface area contributed by atoms with Crippen molar-refractivity contribution in [2.24, 2.45) is 5.73 Å². The van der Waals surface area contributed by atoms with E-state index in [4.69, 9.17) is 14.9 Å². The third-order valence-corrected chi connectivity index (χ3v) is 2.56. The molecule has 6 nitrogen and oxygen atoms in total. The van der Waals surface area contributed by atoms with Gasteiger partial charge in [-0.25, -0.2) is 0 Å². The molecule has 18 heavy (non-hydrogen) atoms. The predicted molar refractivity (Wildman–Crippen MR) is 66.0 cm³/mol. The monoisotopic (exact) mass is 256 g/mol. The van der Waals surface area contributed by atoms with Crippen molar-refractivity contribution < 1.29 is 19.1 Å². The molecule has 0 aromatic carbocycles. The molecule has 102 valence electrons. The number of hydrogen-bond donors (Lipinski definition) is 3. The van der Waals surface area contributed by atoms with Crippen molar-refractivity contribution in [2.75, 3.05) is 20.3 Å². The van der Waals surface area contributed by atoms with Crippen molar-refractivity contribution in [1.82, 2.24) is 5.32 Å². The lowest BCUT2D eigenvalue weighted by Crippen LogP contribution is -2.41. The molecule has 0 saturated carbocycles. The van der Waals surface area contributed by atoms with Crippen molar-refractivity contribution in [3.8, 4) is 0 Å². The highest BCUT2D eigenvalue weighted by molar-refractivity contribution is 5.91. The number of rotatable bonds is 7. The molecule has 0 radical (unpaired) electrons. The molecule has 4 N–H and O–H groups in total. The number of furan rings is 1. The van der Waals surface area contributed by atoms with Crippen LogP contribution < -0.4 is 11.1 Å². The zero-order chi connectivity index (χ0) is 13.6. The maximum Gasteiger partial charge on any atom is 0.287 e. The van der Waals surface area contributed by atoms with E-state index in [9.17, 15) is 9.90 Å². The summed E-state index contributed by atoms with van der Waals surface area (Å²) in [6, 6.07) is 3.21. The third-order valence-electron chi connectivity index (χ3n) is 2.56. The summed E-state index contributed by atoms with van der Waals surface area (Å²) < 4.78 is 10.1. The lowest BCUT2D eigenvalue weighted by molar-refractivity contribution is 0.0240. The molecular weight excluding hydrogens is 236 g/mol. The highest BCUT2D eigenvalue weighted by atomic mass is 16.5. The van der Waals surface area contributed by atoms with Gasteiger partial charge in [0.15, 0.2) is 5.76 Å². The molecule has 1 aromatic heterocycles. The number of nitrogens with one attached hydrogen (secondary N) is 1. The van der Waals surface area contributed by atoms with Gasteiger partial charge in [0.05, 0.1) is 12.1 Å². The molecule has 6 heteroatoms. The fourth-order valence-electron chi connectivity index (χ4n) is 1.38. The van der Waals surface area contributed by atoms with Crippen LogP contribution >= 0.6 is 0 Å². The first-order chi connectivity index (χ1) is 8.48. The summed E-state index contributed by atoms with van der Waals surface area (Å²) in [4.78, 5) is 11.7. The zero-order valence-corrected chi connectivity index (χ0v) is 10.7. The first-order valence-corrected chi connectivity index (χ1v) is 5.77. The average molecular weight is 256 g/mol. The quantitative estimate of drug-likeness (QED) is 0.650. The van der Waals surface area contributed by atoms with Crippen LogP contribution in [0, 0.1) is 0 Å². The minimum Gasteiger partial charge on any atom is -0.455 e. The van der Waals surface area contributed by atoms with Crippen LogP contribution in [0.15, 0.2) is 16.5 Å². The molecule has 0 aliphatic rings. The largest absolute Gasteiger partial charge is 0.455 e. The number of ether oxygens (including phenoxy) is 1. The van der Waals surface area contributed by atoms with E-state index in [0.717, 1.165) is 0 Å². The van der Waals surface area contributed by atoms with Crippen LogP contribution in [-0.4, -0.2) is 36.9 Å². The summed E-state index contributed by atoms with van der Waals surface area (Å²) in [5.74, 6) is 0.372. The summed E-state index contributed by atoms with van der Waals surface area (Å²) in [7, 11) is 1.56. The van der Waals surface area contributed by atoms with Gasteiger partial charge < -0.3 is 25.3 Å². The normalized spacial score (nSPS) is 14.2. The Morgan fingerprint density at radius 1 is 1.61 bits per heavy atom. The van der Waals surface area contributed by atoms with Crippen molar-refractivity contribution >= 4 is 5.91 Å². The van der Waals surface area contributed by atoms with E-state index in [0.29, 0.717) is 18.8 Å². The van der Waals surface area contributed by atoms with Gasteiger partial charge in [0.1, 0.15) is 5.76 Å². The fraction of sp³-hybridized carbons (Fsp3) is 0.583. The van der Waals surface area contributed by atoms with Crippen LogP contribution in [0.3, 0.4) is 0 Å². The van der Waals surface area contributed by atoms with E-state index in [1.807, 2.05) is 0 Å². The van der Waals surface area contributed by atoms with Gasteiger partial charge in [0, 0.05) is 26.7 Å². The molecule has 1 heterocycles. The van der Waals surface area contributed by atoms with E-state index in [2.05, 4.69) is 5.32 Å². The highest BCUT2D eigenvalue weighted by Crippen LogP contribution is 2.10. The van der Waals surface area contributed by atoms with Crippen LogP contribution in [0.4, 0.5) is 0 Å². The van der Waals surface area contributed by atoms with Gasteiger partial charge in [0.2, 0.25) is 0 Å². The molecule has 0 spiro atoms. The second-order valence-corrected chi connectivity index (χ2v) is 4.39. The lowest BCUT2D eigenvalue weighted by Gasteiger charge is -2.22. The van der Waals surface area contributed by atoms with Gasteiger partial charge in [0.25, 0.3) is 5.91 Å². The van der Waals surface area contributed by atoms with Crippen molar-refractivity contribution in [2.45, 2.75) is 25.5 Å². The standard InChI is InChI=1S/C12H20N2O4/c1-12(16,5-6-17-2)8-14-11(15)10-4-3-9(7-13)18-10/h3-4,16H,5-8,13H2,1-2H3,(H,14,15). The number of amides is 1. The Bertz CT molecular complexity index is 387. The molecule has 1 rings (SSSR count). The molecule has 1 atom stereocenters. The number of carbonyl (C=O) groups is 1. The van der Waals surface area contributed by atoms with Gasteiger partial charge >= 0.3 is 0 Å². The molecule has 0 aliphatic carbocycles. The Kier molecular flexibility index (Phi) is 5.33. The molecule has 0 fully saturated rings. The van der Waals surface area contributed by atoms with E-state index < -0.39 is 5.60 Å². The van der Waals surface area contributed by atoms with E-state index in [1.54, 1.807) is 26.2 Å². The van der Waals surface area contributed by atoms with Crippen molar-refractivity contribution in [1.29, 1.82) is 0 Å². The minimum absolute atomic E-state index is 0.133. The SMILES string of the molecule is COCCC(C)(O)CNC(=O)c1ccc(CN)o1. The number of nitrogens with two attached hydrogens (primary N) is 1.